The predicted octanol–water partition coefficient (Wildman–Crippen LogP) is 8.32. The van der Waals surface area contributed by atoms with Crippen LogP contribution in [0.15, 0.2) is 47.2 Å². The SMILES string of the molecule is COC1CCC2(C)C(CCC3(C)C4CC[C@]5(C/C(=C/C(=O)Nc6ccc(Cl)cc6)NCCN)CC(=O)C(C(C)C)=C5C4CCC32)C1C. The third kappa shape index (κ3) is 6.03. The Labute approximate surface area is 288 Å². The molecule has 47 heavy (non-hydrogen) atoms. The number of nitrogens with two attached hydrogens (primary N) is 1. The second kappa shape index (κ2) is 13.3. The molecule has 8 unspecified atom stereocenters. The van der Waals surface area contributed by atoms with Crippen LogP contribution in [-0.4, -0.2) is 38.0 Å². The van der Waals surface area contributed by atoms with E-state index in [1.807, 2.05) is 7.11 Å². The summed E-state index contributed by atoms with van der Waals surface area (Å²) in [4.78, 5) is 27.3. The Balaban J connectivity index is 1.32. The van der Waals surface area contributed by atoms with Gasteiger partial charge in [-0.2, -0.15) is 0 Å². The van der Waals surface area contributed by atoms with Crippen LogP contribution in [0.3, 0.4) is 0 Å². The summed E-state index contributed by atoms with van der Waals surface area (Å²) in [5.41, 5.74) is 10.4. The lowest BCUT2D eigenvalue weighted by Crippen LogP contribution is -2.60. The minimum Gasteiger partial charge on any atom is -0.387 e. The van der Waals surface area contributed by atoms with Crippen LogP contribution in [0, 0.1) is 51.8 Å². The van der Waals surface area contributed by atoms with E-state index in [9.17, 15) is 9.59 Å². The molecule has 5 aliphatic carbocycles. The average Bonchev–Trinajstić information content (AvgIpc) is 3.32. The first-order valence-corrected chi connectivity index (χ1v) is 18.8. The number of carbonyl (C=O) groups is 2. The molecule has 258 valence electrons. The van der Waals surface area contributed by atoms with E-state index in [-0.39, 0.29) is 22.7 Å². The Morgan fingerprint density at radius 3 is 2.40 bits per heavy atom. The van der Waals surface area contributed by atoms with E-state index < -0.39 is 0 Å². The molecule has 7 heteroatoms. The van der Waals surface area contributed by atoms with Crippen molar-refractivity contribution in [2.75, 3.05) is 25.5 Å². The number of rotatable bonds is 9. The van der Waals surface area contributed by atoms with Crippen LogP contribution < -0.4 is 16.4 Å². The van der Waals surface area contributed by atoms with Gasteiger partial charge in [-0.1, -0.05) is 51.8 Å². The van der Waals surface area contributed by atoms with Crippen LogP contribution in [0.4, 0.5) is 5.69 Å². The van der Waals surface area contributed by atoms with Gasteiger partial charge < -0.3 is 21.1 Å². The number of halogens is 1. The first kappa shape index (κ1) is 34.7. The summed E-state index contributed by atoms with van der Waals surface area (Å²) in [6.45, 7) is 13.2. The minimum atomic E-state index is -0.249. The number of benzene rings is 1. The van der Waals surface area contributed by atoms with Gasteiger partial charge in [-0.15, -0.1) is 0 Å². The van der Waals surface area contributed by atoms with E-state index in [1.165, 1.54) is 44.1 Å². The maximum atomic E-state index is 14.0. The van der Waals surface area contributed by atoms with Gasteiger partial charge in [0.25, 0.3) is 0 Å². The number of methoxy groups -OCH3 is 1. The van der Waals surface area contributed by atoms with E-state index in [4.69, 9.17) is 22.1 Å². The second-order valence-electron chi connectivity index (χ2n) is 16.6. The second-order valence-corrected chi connectivity index (χ2v) is 17.1. The van der Waals surface area contributed by atoms with Crippen molar-refractivity contribution in [1.82, 2.24) is 5.32 Å². The number of ether oxygens (including phenoxy) is 1. The van der Waals surface area contributed by atoms with Crippen LogP contribution in [0.1, 0.15) is 98.8 Å². The van der Waals surface area contributed by atoms with Crippen LogP contribution in [0.25, 0.3) is 0 Å². The maximum absolute atomic E-state index is 14.0. The van der Waals surface area contributed by atoms with Gasteiger partial charge in [0.2, 0.25) is 5.91 Å². The molecule has 0 spiro atoms. The Bertz CT molecular complexity index is 1420. The monoisotopic (exact) mass is 663 g/mol. The number of anilines is 1. The number of ketones is 1. The number of allylic oxidation sites excluding steroid dienone is 3. The molecule has 6 rings (SSSR count). The van der Waals surface area contributed by atoms with Crippen LogP contribution in [0.2, 0.25) is 5.02 Å². The van der Waals surface area contributed by atoms with Crippen molar-refractivity contribution in [2.24, 2.45) is 57.5 Å². The number of nitrogens with one attached hydrogen (secondary N) is 2. The predicted molar refractivity (Wildman–Crippen MR) is 191 cm³/mol. The number of Topliss-reactive ketones (excluding diaryl/α,β-unsaturated/α-hetero) is 1. The topological polar surface area (TPSA) is 93.4 Å². The van der Waals surface area contributed by atoms with Crippen LogP contribution in [0.5, 0.6) is 0 Å². The maximum Gasteiger partial charge on any atom is 0.250 e. The number of hydrogen-bond acceptors (Lipinski definition) is 5. The molecule has 1 aromatic rings. The Hall–Kier alpha value is -2.15. The Morgan fingerprint density at radius 2 is 1.72 bits per heavy atom. The lowest BCUT2D eigenvalue weighted by atomic mass is 9.38. The van der Waals surface area contributed by atoms with E-state index in [1.54, 1.807) is 30.3 Å². The molecule has 9 atom stereocenters. The van der Waals surface area contributed by atoms with Crippen molar-refractivity contribution in [1.29, 1.82) is 0 Å². The molecule has 6 nitrogen and oxygen atoms in total. The molecule has 1 aromatic carbocycles. The lowest BCUT2D eigenvalue weighted by molar-refractivity contribution is -0.181. The molecule has 0 heterocycles. The molecular formula is C40H58ClN3O3. The summed E-state index contributed by atoms with van der Waals surface area (Å²) < 4.78 is 5.98. The standard InChI is InChI=1S/C40H58ClN3O3/c1-24(2)36-32(45)23-40(22-28(43-20-19-42)21-35(46)44-27-9-7-26(41)8-10-27)18-14-31-29(37(36)40)11-12-34-38(4)17-15-33(47-6)25(3)30(38)13-16-39(31,34)5/h7-10,21,24-25,29-31,33-34,43H,11-20,22-23,42H2,1-6H3,(H,44,46)/b28-21-/t25?,29?,30?,31?,33?,34?,38?,39?,40-/m0/s1. The normalized spacial score (nSPS) is 38.4. The smallest absolute Gasteiger partial charge is 0.250 e. The fraction of sp³-hybridized carbons (Fsp3) is 0.700. The van der Waals surface area contributed by atoms with Gasteiger partial charge in [0, 0.05) is 54.5 Å². The van der Waals surface area contributed by atoms with Crippen molar-refractivity contribution in [3.63, 3.8) is 0 Å². The third-order valence-corrected chi connectivity index (χ3v) is 14.3. The fourth-order valence-electron chi connectivity index (χ4n) is 12.2. The van der Waals surface area contributed by atoms with Gasteiger partial charge in [0.1, 0.15) is 0 Å². The summed E-state index contributed by atoms with van der Waals surface area (Å²) in [7, 11) is 1.90. The number of fused-ring (bicyclic) bond motifs is 7. The van der Waals surface area contributed by atoms with Crippen molar-refractivity contribution in [3.05, 3.63) is 52.2 Å². The number of hydrogen-bond donors (Lipinski definition) is 3. The molecule has 0 aliphatic heterocycles. The zero-order chi connectivity index (χ0) is 33.7. The highest BCUT2D eigenvalue weighted by Crippen LogP contribution is 2.72. The number of carbonyl (C=O) groups excluding carboxylic acids is 2. The summed E-state index contributed by atoms with van der Waals surface area (Å²) in [5, 5.41) is 7.11. The highest BCUT2D eigenvalue weighted by molar-refractivity contribution is 6.30. The summed E-state index contributed by atoms with van der Waals surface area (Å²) in [6.07, 6.45) is 12.8. The first-order valence-electron chi connectivity index (χ1n) is 18.4. The zero-order valence-electron chi connectivity index (χ0n) is 29.6. The summed E-state index contributed by atoms with van der Waals surface area (Å²) >= 11 is 6.06. The van der Waals surface area contributed by atoms with Gasteiger partial charge in [0.15, 0.2) is 5.78 Å². The van der Waals surface area contributed by atoms with E-state index in [0.29, 0.717) is 77.6 Å². The third-order valence-electron chi connectivity index (χ3n) is 14.0. The van der Waals surface area contributed by atoms with Crippen LogP contribution >= 0.6 is 11.6 Å². The molecule has 0 bridgehead atoms. The van der Waals surface area contributed by atoms with Crippen molar-refractivity contribution < 1.29 is 14.3 Å². The van der Waals surface area contributed by atoms with Crippen molar-refractivity contribution >= 4 is 29.0 Å². The Kier molecular flexibility index (Phi) is 9.81. The highest BCUT2D eigenvalue weighted by Gasteiger charge is 2.64. The van der Waals surface area contributed by atoms with E-state index >= 15 is 0 Å². The zero-order valence-corrected chi connectivity index (χ0v) is 30.3. The molecule has 4 fully saturated rings. The van der Waals surface area contributed by atoms with Gasteiger partial charge in [-0.05, 0) is 134 Å². The number of amides is 1. The van der Waals surface area contributed by atoms with Crippen molar-refractivity contribution in [2.45, 2.75) is 105 Å². The van der Waals surface area contributed by atoms with E-state index in [0.717, 1.165) is 30.0 Å². The molecule has 0 saturated heterocycles. The molecule has 0 radical (unpaired) electrons. The molecule has 0 aromatic heterocycles. The molecule has 4 N–H and O–H groups in total. The van der Waals surface area contributed by atoms with Gasteiger partial charge >= 0.3 is 0 Å². The molecule has 1 amide bonds. The molecule has 5 aliphatic rings. The van der Waals surface area contributed by atoms with Crippen molar-refractivity contribution in [3.8, 4) is 0 Å². The summed E-state index contributed by atoms with van der Waals surface area (Å²) in [6, 6.07) is 7.16. The van der Waals surface area contributed by atoms with E-state index in [2.05, 4.69) is 45.3 Å². The molecule has 4 saturated carbocycles. The fourth-order valence-corrected chi connectivity index (χ4v) is 12.3. The highest BCUT2D eigenvalue weighted by atomic mass is 35.5. The van der Waals surface area contributed by atoms with Crippen LogP contribution in [-0.2, 0) is 14.3 Å². The average molecular weight is 664 g/mol. The molecular weight excluding hydrogens is 606 g/mol. The van der Waals surface area contributed by atoms with Gasteiger partial charge in [0.05, 0.1) is 6.10 Å². The van der Waals surface area contributed by atoms with Gasteiger partial charge in [-0.3, -0.25) is 9.59 Å². The largest absolute Gasteiger partial charge is 0.387 e. The van der Waals surface area contributed by atoms with Gasteiger partial charge in [-0.25, -0.2) is 0 Å². The Morgan fingerprint density at radius 1 is 1.04 bits per heavy atom. The quantitative estimate of drug-likeness (QED) is 0.231. The first-order chi connectivity index (χ1) is 22.4. The minimum absolute atomic E-state index is 0.189. The lowest BCUT2D eigenvalue weighted by Gasteiger charge is -2.67. The summed E-state index contributed by atoms with van der Waals surface area (Å²) in [5.74, 6) is 3.39.